The van der Waals surface area contributed by atoms with E-state index in [9.17, 15) is 9.59 Å². The van der Waals surface area contributed by atoms with Gasteiger partial charge in [-0.1, -0.05) is 12.1 Å². The van der Waals surface area contributed by atoms with Crippen LogP contribution >= 0.6 is 0 Å². The summed E-state index contributed by atoms with van der Waals surface area (Å²) in [6, 6.07) is 5.27. The molecule has 0 saturated heterocycles. The number of rotatable bonds is 6. The molecule has 0 bridgehead atoms. The van der Waals surface area contributed by atoms with Crippen LogP contribution in [-0.4, -0.2) is 30.0 Å². The maximum Gasteiger partial charge on any atom is 0.242 e. The second-order valence-corrected chi connectivity index (χ2v) is 6.82. The molecule has 1 unspecified atom stereocenters. The quantitative estimate of drug-likeness (QED) is 0.846. The molecule has 1 atom stereocenters. The van der Waals surface area contributed by atoms with E-state index >= 15 is 0 Å². The van der Waals surface area contributed by atoms with E-state index in [1.54, 1.807) is 6.92 Å². The van der Waals surface area contributed by atoms with Gasteiger partial charge in [-0.3, -0.25) is 9.59 Å². The van der Waals surface area contributed by atoms with Crippen LogP contribution in [0.1, 0.15) is 45.2 Å². The Bertz CT molecular complexity index is 562. The molecule has 0 aliphatic heterocycles. The zero-order valence-corrected chi connectivity index (χ0v) is 14.9. The van der Waals surface area contributed by atoms with Crippen molar-refractivity contribution in [3.05, 3.63) is 29.3 Å². The van der Waals surface area contributed by atoms with E-state index in [0.717, 1.165) is 16.9 Å². The fourth-order valence-electron chi connectivity index (χ4n) is 1.99. The van der Waals surface area contributed by atoms with Gasteiger partial charge < -0.3 is 15.4 Å². The Morgan fingerprint density at radius 2 is 1.87 bits per heavy atom. The molecule has 0 aliphatic carbocycles. The Labute approximate surface area is 138 Å². The van der Waals surface area contributed by atoms with Crippen molar-refractivity contribution < 1.29 is 14.3 Å². The Morgan fingerprint density at radius 1 is 1.22 bits per heavy atom. The lowest BCUT2D eigenvalue weighted by Crippen LogP contribution is -2.50. The molecule has 0 heterocycles. The third-order valence-corrected chi connectivity index (χ3v) is 3.41. The highest BCUT2D eigenvalue weighted by Crippen LogP contribution is 2.20. The van der Waals surface area contributed by atoms with E-state index in [1.165, 1.54) is 0 Å². The van der Waals surface area contributed by atoms with Crippen LogP contribution in [0.4, 0.5) is 0 Å². The maximum atomic E-state index is 11.9. The lowest BCUT2D eigenvalue weighted by molar-refractivity contribution is -0.129. The van der Waals surface area contributed by atoms with Gasteiger partial charge in [-0.15, -0.1) is 0 Å². The van der Waals surface area contributed by atoms with E-state index in [1.807, 2.05) is 52.8 Å². The van der Waals surface area contributed by atoms with Crippen LogP contribution in [0.2, 0.25) is 0 Å². The summed E-state index contributed by atoms with van der Waals surface area (Å²) in [5.74, 6) is 0.393. The number of benzene rings is 1. The predicted octanol–water partition coefficient (Wildman–Crippen LogP) is 2.49. The number of hydrogen-bond acceptors (Lipinski definition) is 3. The van der Waals surface area contributed by atoms with Gasteiger partial charge in [0.2, 0.25) is 11.8 Å². The van der Waals surface area contributed by atoms with Gasteiger partial charge in [0.15, 0.2) is 0 Å². The Morgan fingerprint density at radius 3 is 2.48 bits per heavy atom. The molecule has 1 rings (SSSR count). The molecule has 0 spiro atoms. The number of carbonyl (C=O) groups is 2. The first kappa shape index (κ1) is 19.0. The monoisotopic (exact) mass is 320 g/mol. The van der Waals surface area contributed by atoms with Gasteiger partial charge in [-0.25, -0.2) is 0 Å². The van der Waals surface area contributed by atoms with Crippen LogP contribution in [0.5, 0.6) is 5.75 Å². The lowest BCUT2D eigenvalue weighted by Gasteiger charge is -2.23. The van der Waals surface area contributed by atoms with Gasteiger partial charge in [0, 0.05) is 5.54 Å². The van der Waals surface area contributed by atoms with Gasteiger partial charge >= 0.3 is 0 Å². The summed E-state index contributed by atoms with van der Waals surface area (Å²) in [5, 5.41) is 5.52. The van der Waals surface area contributed by atoms with Crippen molar-refractivity contribution in [3.8, 4) is 5.75 Å². The summed E-state index contributed by atoms with van der Waals surface area (Å²) in [6.45, 7) is 11.7. The summed E-state index contributed by atoms with van der Waals surface area (Å²) in [4.78, 5) is 23.8. The van der Waals surface area contributed by atoms with Crippen molar-refractivity contribution >= 4 is 11.8 Å². The molecule has 128 valence electrons. The maximum absolute atomic E-state index is 11.9. The first-order valence-electron chi connectivity index (χ1n) is 7.90. The van der Waals surface area contributed by atoms with E-state index in [2.05, 4.69) is 10.6 Å². The third kappa shape index (κ3) is 6.72. The number of ether oxygens (including phenoxy) is 1. The standard InChI is InChI=1S/C18H28N2O3/c1-12-8-7-9-15(13(12)2)23-11-10-16(21)19-14(3)17(22)20-18(4,5)6/h7-9,14H,10-11H2,1-6H3,(H,19,21)(H,20,22). The second-order valence-electron chi connectivity index (χ2n) is 6.82. The lowest BCUT2D eigenvalue weighted by atomic mass is 10.1. The summed E-state index contributed by atoms with van der Waals surface area (Å²) < 4.78 is 5.65. The molecule has 5 nitrogen and oxygen atoms in total. The predicted molar refractivity (Wildman–Crippen MR) is 91.5 cm³/mol. The summed E-state index contributed by atoms with van der Waals surface area (Å²) in [6.07, 6.45) is 0.209. The highest BCUT2D eigenvalue weighted by Gasteiger charge is 2.20. The normalized spacial score (nSPS) is 12.4. The largest absolute Gasteiger partial charge is 0.493 e. The minimum absolute atomic E-state index is 0.193. The minimum atomic E-state index is -0.567. The van der Waals surface area contributed by atoms with Crippen molar-refractivity contribution in [1.29, 1.82) is 0 Å². The molecule has 0 aromatic heterocycles. The highest BCUT2D eigenvalue weighted by atomic mass is 16.5. The van der Waals surface area contributed by atoms with Gasteiger partial charge in [-0.2, -0.15) is 0 Å². The number of nitrogens with one attached hydrogen (secondary N) is 2. The average Bonchev–Trinajstić information content (AvgIpc) is 2.41. The van der Waals surface area contributed by atoms with Crippen LogP contribution in [0.25, 0.3) is 0 Å². The van der Waals surface area contributed by atoms with Gasteiger partial charge in [0.1, 0.15) is 11.8 Å². The molecule has 0 fully saturated rings. The van der Waals surface area contributed by atoms with E-state index < -0.39 is 6.04 Å². The zero-order valence-electron chi connectivity index (χ0n) is 14.9. The van der Waals surface area contributed by atoms with Gasteiger partial charge in [-0.05, 0) is 58.7 Å². The Balaban J connectivity index is 2.40. The van der Waals surface area contributed by atoms with Crippen LogP contribution < -0.4 is 15.4 Å². The van der Waals surface area contributed by atoms with Crippen LogP contribution in [0.3, 0.4) is 0 Å². The molecule has 2 N–H and O–H groups in total. The van der Waals surface area contributed by atoms with E-state index in [-0.39, 0.29) is 30.4 Å². The van der Waals surface area contributed by atoms with Crippen molar-refractivity contribution in [2.45, 2.75) is 59.5 Å². The van der Waals surface area contributed by atoms with Crippen LogP contribution in [0.15, 0.2) is 18.2 Å². The number of aryl methyl sites for hydroxylation is 1. The molecule has 23 heavy (non-hydrogen) atoms. The fourth-order valence-corrected chi connectivity index (χ4v) is 1.99. The molecular formula is C18H28N2O3. The van der Waals surface area contributed by atoms with Crippen molar-refractivity contribution in [2.75, 3.05) is 6.61 Å². The first-order chi connectivity index (χ1) is 10.6. The molecular weight excluding hydrogens is 292 g/mol. The van der Waals surface area contributed by atoms with Crippen molar-refractivity contribution in [1.82, 2.24) is 10.6 Å². The smallest absolute Gasteiger partial charge is 0.242 e. The zero-order chi connectivity index (χ0) is 17.6. The first-order valence-corrected chi connectivity index (χ1v) is 7.90. The highest BCUT2D eigenvalue weighted by molar-refractivity contribution is 5.87. The molecule has 0 saturated carbocycles. The molecule has 0 aliphatic rings. The molecule has 5 heteroatoms. The minimum Gasteiger partial charge on any atom is -0.493 e. The number of carbonyl (C=O) groups excluding carboxylic acids is 2. The van der Waals surface area contributed by atoms with Gasteiger partial charge in [0.05, 0.1) is 13.0 Å². The van der Waals surface area contributed by atoms with Crippen LogP contribution in [0, 0.1) is 13.8 Å². The van der Waals surface area contributed by atoms with E-state index in [0.29, 0.717) is 0 Å². The SMILES string of the molecule is Cc1cccc(OCCC(=O)NC(C)C(=O)NC(C)(C)C)c1C. The Kier molecular flexibility index (Phi) is 6.61. The van der Waals surface area contributed by atoms with Crippen molar-refractivity contribution in [3.63, 3.8) is 0 Å². The average molecular weight is 320 g/mol. The molecule has 0 radical (unpaired) electrons. The molecule has 1 aromatic carbocycles. The third-order valence-electron chi connectivity index (χ3n) is 3.41. The number of amides is 2. The summed E-state index contributed by atoms with van der Waals surface area (Å²) in [5.41, 5.74) is 1.91. The molecule has 2 amide bonds. The topological polar surface area (TPSA) is 67.4 Å². The fraction of sp³-hybridized carbons (Fsp3) is 0.556. The Hall–Kier alpha value is -2.04. The summed E-state index contributed by atoms with van der Waals surface area (Å²) in [7, 11) is 0. The van der Waals surface area contributed by atoms with Crippen molar-refractivity contribution in [2.24, 2.45) is 0 Å². The summed E-state index contributed by atoms with van der Waals surface area (Å²) >= 11 is 0. The number of hydrogen-bond donors (Lipinski definition) is 2. The van der Waals surface area contributed by atoms with Gasteiger partial charge in [0.25, 0.3) is 0 Å². The molecule has 1 aromatic rings. The second kappa shape index (κ2) is 7.99. The van der Waals surface area contributed by atoms with Crippen LogP contribution in [-0.2, 0) is 9.59 Å². The van der Waals surface area contributed by atoms with E-state index in [4.69, 9.17) is 4.74 Å².